The summed E-state index contributed by atoms with van der Waals surface area (Å²) in [5, 5.41) is 2.49. The van der Waals surface area contributed by atoms with Gasteiger partial charge in [-0.1, -0.05) is 11.8 Å². The Morgan fingerprint density at radius 3 is 2.72 bits per heavy atom. The molecule has 96 valence electrons. The fraction of sp³-hybridized carbons (Fsp3) is 0.417. The highest BCUT2D eigenvalue weighted by atomic mass is 16.2. The SMILES string of the molecule is CC(=O)NCC#Cc1cn(C(C)C)c(=O)[nH]c1=O. The van der Waals surface area contributed by atoms with Crippen LogP contribution in [0.15, 0.2) is 15.8 Å². The summed E-state index contributed by atoms with van der Waals surface area (Å²) in [6.07, 6.45) is 1.42. The Hall–Kier alpha value is -2.29. The highest BCUT2D eigenvalue weighted by Gasteiger charge is 2.04. The lowest BCUT2D eigenvalue weighted by Gasteiger charge is -2.08. The number of hydrogen-bond acceptors (Lipinski definition) is 3. The number of aromatic nitrogens is 2. The van der Waals surface area contributed by atoms with Gasteiger partial charge in [-0.3, -0.25) is 19.1 Å². The molecule has 1 aromatic heterocycles. The normalized spacial score (nSPS) is 9.78. The number of aromatic amines is 1. The highest BCUT2D eigenvalue weighted by Crippen LogP contribution is 1.98. The van der Waals surface area contributed by atoms with Crippen molar-refractivity contribution in [1.82, 2.24) is 14.9 Å². The Morgan fingerprint density at radius 1 is 1.50 bits per heavy atom. The average Bonchev–Trinajstić information content (AvgIpc) is 2.25. The fourth-order valence-corrected chi connectivity index (χ4v) is 1.27. The first-order chi connectivity index (χ1) is 8.41. The molecular weight excluding hydrogens is 234 g/mol. The van der Waals surface area contributed by atoms with Gasteiger partial charge >= 0.3 is 5.69 Å². The summed E-state index contributed by atoms with van der Waals surface area (Å²) in [6.45, 7) is 5.20. The van der Waals surface area contributed by atoms with Crippen molar-refractivity contribution in [3.63, 3.8) is 0 Å². The number of nitrogens with zero attached hydrogens (tertiary/aromatic N) is 1. The van der Waals surface area contributed by atoms with Crippen molar-refractivity contribution in [3.05, 3.63) is 32.6 Å². The zero-order valence-corrected chi connectivity index (χ0v) is 10.5. The van der Waals surface area contributed by atoms with Gasteiger partial charge in [0.1, 0.15) is 5.56 Å². The Labute approximate surface area is 104 Å². The standard InChI is InChI=1S/C12H15N3O3/c1-8(2)15-7-10(11(17)14-12(15)18)5-4-6-13-9(3)16/h7-8H,6H2,1-3H3,(H,13,16)(H,14,17,18). The van der Waals surface area contributed by atoms with E-state index >= 15 is 0 Å². The molecule has 0 aliphatic carbocycles. The van der Waals surface area contributed by atoms with Crippen LogP contribution in [-0.4, -0.2) is 22.0 Å². The first-order valence-corrected chi connectivity index (χ1v) is 5.50. The summed E-state index contributed by atoms with van der Waals surface area (Å²) >= 11 is 0. The summed E-state index contributed by atoms with van der Waals surface area (Å²) in [5.41, 5.74) is -0.775. The van der Waals surface area contributed by atoms with Gasteiger partial charge in [-0.05, 0) is 13.8 Å². The Balaban J connectivity index is 3.03. The second kappa shape index (κ2) is 5.87. The van der Waals surface area contributed by atoms with Crippen LogP contribution in [0.5, 0.6) is 0 Å². The third kappa shape index (κ3) is 3.63. The molecule has 0 aliphatic heterocycles. The first-order valence-electron chi connectivity index (χ1n) is 5.50. The second-order valence-electron chi connectivity index (χ2n) is 4.01. The van der Waals surface area contributed by atoms with Crippen LogP contribution in [0.1, 0.15) is 32.4 Å². The van der Waals surface area contributed by atoms with Crippen molar-refractivity contribution in [2.75, 3.05) is 6.54 Å². The Bertz CT molecular complexity index is 614. The van der Waals surface area contributed by atoms with Gasteiger partial charge in [-0.2, -0.15) is 0 Å². The minimum absolute atomic E-state index is 0.0646. The molecule has 0 aromatic carbocycles. The van der Waals surface area contributed by atoms with Crippen molar-refractivity contribution in [1.29, 1.82) is 0 Å². The monoisotopic (exact) mass is 249 g/mol. The molecule has 0 radical (unpaired) electrons. The number of H-pyrrole nitrogens is 1. The quantitative estimate of drug-likeness (QED) is 0.700. The zero-order valence-electron chi connectivity index (χ0n) is 10.5. The lowest BCUT2D eigenvalue weighted by atomic mass is 10.3. The zero-order chi connectivity index (χ0) is 13.7. The van der Waals surface area contributed by atoms with E-state index in [2.05, 4.69) is 22.1 Å². The molecule has 6 nitrogen and oxygen atoms in total. The van der Waals surface area contributed by atoms with E-state index < -0.39 is 11.2 Å². The smallest absolute Gasteiger partial charge is 0.328 e. The minimum Gasteiger partial charge on any atom is -0.345 e. The van der Waals surface area contributed by atoms with E-state index in [1.807, 2.05) is 13.8 Å². The predicted molar refractivity (Wildman–Crippen MR) is 67.3 cm³/mol. The molecular formula is C12H15N3O3. The third-order valence-electron chi connectivity index (χ3n) is 2.17. The second-order valence-corrected chi connectivity index (χ2v) is 4.01. The first kappa shape index (κ1) is 13.8. The fourth-order valence-electron chi connectivity index (χ4n) is 1.27. The lowest BCUT2D eigenvalue weighted by Crippen LogP contribution is -2.32. The molecule has 0 atom stereocenters. The van der Waals surface area contributed by atoms with Gasteiger partial charge in [-0.25, -0.2) is 4.79 Å². The van der Waals surface area contributed by atoms with Gasteiger partial charge in [0, 0.05) is 19.2 Å². The molecule has 18 heavy (non-hydrogen) atoms. The molecule has 0 fully saturated rings. The highest BCUT2D eigenvalue weighted by molar-refractivity contribution is 5.73. The van der Waals surface area contributed by atoms with E-state index in [4.69, 9.17) is 0 Å². The number of hydrogen-bond donors (Lipinski definition) is 2. The molecule has 6 heteroatoms. The van der Waals surface area contributed by atoms with E-state index in [-0.39, 0.29) is 24.1 Å². The van der Waals surface area contributed by atoms with Gasteiger partial charge in [-0.15, -0.1) is 0 Å². The van der Waals surface area contributed by atoms with Crippen LogP contribution >= 0.6 is 0 Å². The summed E-state index contributed by atoms with van der Waals surface area (Å²) in [6, 6.07) is -0.0646. The largest absolute Gasteiger partial charge is 0.345 e. The predicted octanol–water partition coefficient (Wildman–Crippen LogP) is -0.395. The van der Waals surface area contributed by atoms with Crippen LogP contribution in [0.25, 0.3) is 0 Å². The van der Waals surface area contributed by atoms with Crippen molar-refractivity contribution >= 4 is 5.91 Å². The molecule has 1 rings (SSSR count). The van der Waals surface area contributed by atoms with Gasteiger partial charge in [0.15, 0.2) is 0 Å². The Kier molecular flexibility index (Phi) is 4.49. The maximum absolute atomic E-state index is 11.5. The van der Waals surface area contributed by atoms with E-state index in [1.54, 1.807) is 0 Å². The van der Waals surface area contributed by atoms with Gasteiger partial charge in [0.2, 0.25) is 5.91 Å². The number of carbonyl (C=O) groups excluding carboxylic acids is 1. The molecule has 0 saturated heterocycles. The van der Waals surface area contributed by atoms with Crippen molar-refractivity contribution in [3.8, 4) is 11.8 Å². The molecule has 0 unspecified atom stereocenters. The van der Waals surface area contributed by atoms with Gasteiger partial charge < -0.3 is 5.32 Å². The van der Waals surface area contributed by atoms with Gasteiger partial charge in [0.25, 0.3) is 5.56 Å². The third-order valence-corrected chi connectivity index (χ3v) is 2.17. The molecule has 0 bridgehead atoms. The summed E-state index contributed by atoms with van der Waals surface area (Å²) in [4.78, 5) is 35.8. The van der Waals surface area contributed by atoms with Crippen molar-refractivity contribution < 1.29 is 4.79 Å². The number of amides is 1. The van der Waals surface area contributed by atoms with Crippen LogP contribution < -0.4 is 16.6 Å². The maximum atomic E-state index is 11.5. The van der Waals surface area contributed by atoms with E-state index in [1.165, 1.54) is 17.7 Å². The number of rotatable bonds is 2. The molecule has 2 N–H and O–H groups in total. The van der Waals surface area contributed by atoms with Gasteiger partial charge in [0.05, 0.1) is 6.54 Å². The maximum Gasteiger partial charge on any atom is 0.328 e. The molecule has 1 heterocycles. The van der Waals surface area contributed by atoms with Crippen LogP contribution in [0.2, 0.25) is 0 Å². The minimum atomic E-state index is -0.521. The molecule has 0 spiro atoms. The van der Waals surface area contributed by atoms with E-state index in [9.17, 15) is 14.4 Å². The lowest BCUT2D eigenvalue weighted by molar-refractivity contribution is -0.118. The van der Waals surface area contributed by atoms with Crippen LogP contribution in [0, 0.1) is 11.8 Å². The van der Waals surface area contributed by atoms with Crippen molar-refractivity contribution in [2.24, 2.45) is 0 Å². The van der Waals surface area contributed by atoms with Crippen LogP contribution in [-0.2, 0) is 4.79 Å². The van der Waals surface area contributed by atoms with Crippen molar-refractivity contribution in [2.45, 2.75) is 26.8 Å². The average molecular weight is 249 g/mol. The van der Waals surface area contributed by atoms with Crippen LogP contribution in [0.4, 0.5) is 0 Å². The summed E-state index contributed by atoms with van der Waals surface area (Å²) < 4.78 is 1.39. The molecule has 0 aliphatic rings. The number of nitrogens with one attached hydrogen (secondary N) is 2. The van der Waals surface area contributed by atoms with E-state index in [0.717, 1.165) is 0 Å². The topological polar surface area (TPSA) is 84.0 Å². The summed E-state index contributed by atoms with van der Waals surface area (Å²) in [5.74, 6) is 5.08. The Morgan fingerprint density at radius 2 is 2.17 bits per heavy atom. The molecule has 1 amide bonds. The summed E-state index contributed by atoms with van der Waals surface area (Å²) in [7, 11) is 0. The molecule has 1 aromatic rings. The van der Waals surface area contributed by atoms with E-state index in [0.29, 0.717) is 0 Å². The van der Waals surface area contributed by atoms with Crippen LogP contribution in [0.3, 0.4) is 0 Å². The number of carbonyl (C=O) groups is 1. The molecule has 0 saturated carbocycles.